The van der Waals surface area contributed by atoms with Crippen LogP contribution in [0.5, 0.6) is 0 Å². The maximum absolute atomic E-state index is 13.8. The Balaban J connectivity index is 1.88. The molecule has 0 aliphatic heterocycles. The molecule has 3 nitrogen and oxygen atoms in total. The molecule has 0 aliphatic carbocycles. The summed E-state index contributed by atoms with van der Waals surface area (Å²) in [4.78, 5) is 25.6. The zero-order valence-electron chi connectivity index (χ0n) is 18.1. The number of ketones is 1. The molecule has 0 spiro atoms. The number of hydrogen-bond donors (Lipinski definition) is 0. The topological polar surface area (TPSA) is 43.4 Å². The highest BCUT2D eigenvalue weighted by atomic mass is 35.5. The molecular formula is C28H23ClO3P+. The number of carbonyl (C=O) groups excluding carboxylic acids is 2. The molecule has 0 saturated heterocycles. The van der Waals surface area contributed by atoms with Gasteiger partial charge in [0.25, 0.3) is 0 Å². The highest BCUT2D eigenvalue weighted by Gasteiger charge is 2.47. The molecule has 164 valence electrons. The summed E-state index contributed by atoms with van der Waals surface area (Å²) in [7, 11) is -1.02. The first kappa shape index (κ1) is 22.9. The van der Waals surface area contributed by atoms with Crippen molar-refractivity contribution in [2.24, 2.45) is 0 Å². The van der Waals surface area contributed by atoms with Gasteiger partial charge in [0, 0.05) is 5.56 Å². The molecule has 4 aromatic carbocycles. The highest BCUT2D eigenvalue weighted by molar-refractivity contribution is 7.96. The maximum Gasteiger partial charge on any atom is 0.337 e. The quantitative estimate of drug-likeness (QED) is 0.208. The molecule has 0 unspecified atom stereocenters. The number of carbonyl (C=O) groups is 2. The minimum absolute atomic E-state index is 0.0682. The summed E-state index contributed by atoms with van der Waals surface area (Å²) in [6.07, 6.45) is 0.280. The largest absolute Gasteiger partial charge is 0.465 e. The van der Waals surface area contributed by atoms with E-state index in [4.69, 9.17) is 16.3 Å². The van der Waals surface area contributed by atoms with E-state index in [-0.39, 0.29) is 17.0 Å². The Bertz CT molecular complexity index is 1160. The Morgan fingerprint density at radius 1 is 0.727 bits per heavy atom. The van der Waals surface area contributed by atoms with Gasteiger partial charge in [-0.1, -0.05) is 66.2 Å². The van der Waals surface area contributed by atoms with Gasteiger partial charge in [-0.25, -0.2) is 4.79 Å². The number of ether oxygens (including phenoxy) is 1. The van der Waals surface area contributed by atoms with Crippen LogP contribution < -0.4 is 15.9 Å². The first-order chi connectivity index (χ1) is 16.1. The van der Waals surface area contributed by atoms with Crippen molar-refractivity contribution in [2.75, 3.05) is 13.3 Å². The summed E-state index contributed by atoms with van der Waals surface area (Å²) in [5, 5.41) is 3.62. The fourth-order valence-electron chi connectivity index (χ4n) is 4.06. The lowest BCUT2D eigenvalue weighted by Gasteiger charge is -2.27. The van der Waals surface area contributed by atoms with Crippen molar-refractivity contribution in [1.82, 2.24) is 0 Å². The van der Waals surface area contributed by atoms with Crippen LogP contribution in [0.2, 0.25) is 5.02 Å². The van der Waals surface area contributed by atoms with Crippen LogP contribution in [0.3, 0.4) is 0 Å². The molecule has 0 aliphatic rings. The molecule has 4 aromatic rings. The summed E-state index contributed by atoms with van der Waals surface area (Å²) in [6, 6.07) is 35.3. The minimum Gasteiger partial charge on any atom is -0.465 e. The summed E-state index contributed by atoms with van der Waals surface area (Å²) in [5.74, 6) is -0.558. The van der Waals surface area contributed by atoms with Gasteiger partial charge >= 0.3 is 5.97 Å². The van der Waals surface area contributed by atoms with Crippen LogP contribution in [0, 0.1) is 0 Å². The van der Waals surface area contributed by atoms with Crippen LogP contribution in [0.15, 0.2) is 109 Å². The van der Waals surface area contributed by atoms with E-state index < -0.39 is 13.2 Å². The predicted molar refractivity (Wildman–Crippen MR) is 137 cm³/mol. The third-order valence-electron chi connectivity index (χ3n) is 5.66. The number of benzene rings is 4. The molecule has 0 fully saturated rings. The second-order valence-corrected chi connectivity index (χ2v) is 11.5. The van der Waals surface area contributed by atoms with E-state index in [1.807, 2.05) is 54.6 Å². The van der Waals surface area contributed by atoms with Crippen LogP contribution in [0.4, 0.5) is 0 Å². The molecule has 0 aromatic heterocycles. The van der Waals surface area contributed by atoms with E-state index in [2.05, 4.69) is 36.4 Å². The number of esters is 1. The molecule has 0 atom stereocenters. The molecule has 0 bridgehead atoms. The van der Waals surface area contributed by atoms with E-state index in [1.165, 1.54) is 13.2 Å². The minimum atomic E-state index is -2.33. The van der Waals surface area contributed by atoms with Crippen LogP contribution in [0.25, 0.3) is 0 Å². The van der Waals surface area contributed by atoms with Crippen LogP contribution in [0.1, 0.15) is 20.7 Å². The standard InChI is InChI=1S/C28H23ClO3P/c1-32-28(31)21-17-18-25(26(29)19-21)27(30)20-33(22-11-5-2-6-12-22,23-13-7-3-8-14-23)24-15-9-4-10-16-24/h2-19H,20H2,1H3/q+1. The van der Waals surface area contributed by atoms with Crippen molar-refractivity contribution in [2.45, 2.75) is 0 Å². The van der Waals surface area contributed by atoms with Gasteiger partial charge in [-0.2, -0.15) is 0 Å². The Morgan fingerprint density at radius 3 is 1.58 bits per heavy atom. The van der Waals surface area contributed by atoms with Gasteiger partial charge in [-0.3, -0.25) is 4.79 Å². The van der Waals surface area contributed by atoms with Gasteiger partial charge < -0.3 is 4.74 Å². The van der Waals surface area contributed by atoms with Gasteiger partial charge in [0.15, 0.2) is 0 Å². The van der Waals surface area contributed by atoms with E-state index in [1.54, 1.807) is 12.1 Å². The zero-order chi connectivity index (χ0) is 23.3. The Kier molecular flexibility index (Phi) is 7.03. The fourth-order valence-corrected chi connectivity index (χ4v) is 8.43. The summed E-state index contributed by atoms with van der Waals surface area (Å²) in [5.41, 5.74) is 0.714. The van der Waals surface area contributed by atoms with Crippen molar-refractivity contribution in [1.29, 1.82) is 0 Å². The SMILES string of the molecule is COC(=O)c1ccc(C(=O)C[P+](c2ccccc2)(c2ccccc2)c2ccccc2)c(Cl)c1. The molecule has 0 N–H and O–H groups in total. The van der Waals surface area contributed by atoms with Crippen LogP contribution >= 0.6 is 18.9 Å². The van der Waals surface area contributed by atoms with Crippen molar-refractivity contribution < 1.29 is 14.3 Å². The monoisotopic (exact) mass is 473 g/mol. The number of rotatable bonds is 7. The maximum atomic E-state index is 13.8. The zero-order valence-corrected chi connectivity index (χ0v) is 19.8. The normalized spacial score (nSPS) is 11.1. The molecule has 0 saturated carbocycles. The van der Waals surface area contributed by atoms with Gasteiger partial charge in [0.2, 0.25) is 5.78 Å². The van der Waals surface area contributed by atoms with E-state index in [0.29, 0.717) is 11.1 Å². The van der Waals surface area contributed by atoms with Gasteiger partial charge in [0.1, 0.15) is 29.3 Å². The second kappa shape index (κ2) is 10.1. The van der Waals surface area contributed by atoms with Gasteiger partial charge in [0.05, 0.1) is 17.7 Å². The van der Waals surface area contributed by atoms with Gasteiger partial charge in [-0.15, -0.1) is 0 Å². The first-order valence-corrected chi connectivity index (χ1v) is 12.9. The third kappa shape index (κ3) is 4.61. The lowest BCUT2D eigenvalue weighted by Crippen LogP contribution is -2.35. The third-order valence-corrected chi connectivity index (χ3v) is 10.3. The fraction of sp³-hybridized carbons (Fsp3) is 0.0714. The van der Waals surface area contributed by atoms with Crippen molar-refractivity contribution in [3.8, 4) is 0 Å². The van der Waals surface area contributed by atoms with Crippen LogP contribution in [-0.4, -0.2) is 25.0 Å². The van der Waals surface area contributed by atoms with Crippen molar-refractivity contribution in [3.63, 3.8) is 0 Å². The molecule has 5 heteroatoms. The van der Waals surface area contributed by atoms with Gasteiger partial charge in [-0.05, 0) is 54.6 Å². The Labute approximate surface area is 199 Å². The molecule has 33 heavy (non-hydrogen) atoms. The number of Topliss-reactive ketones (excluding diaryl/α,β-unsaturated/α-hetero) is 1. The molecule has 0 radical (unpaired) electrons. The second-order valence-electron chi connectivity index (χ2n) is 7.58. The molecule has 4 rings (SSSR count). The summed E-state index contributed by atoms with van der Waals surface area (Å²) in [6.45, 7) is 0. The summed E-state index contributed by atoms with van der Waals surface area (Å²) >= 11 is 6.48. The van der Waals surface area contributed by atoms with Crippen molar-refractivity contribution in [3.05, 3.63) is 125 Å². The number of halogens is 1. The lowest BCUT2D eigenvalue weighted by molar-refractivity contribution is 0.0600. The summed E-state index contributed by atoms with van der Waals surface area (Å²) < 4.78 is 4.77. The number of hydrogen-bond acceptors (Lipinski definition) is 3. The van der Waals surface area contributed by atoms with E-state index in [9.17, 15) is 9.59 Å². The predicted octanol–water partition coefficient (Wildman–Crippen LogP) is 5.30. The van der Waals surface area contributed by atoms with Crippen LogP contribution in [-0.2, 0) is 4.74 Å². The highest BCUT2D eigenvalue weighted by Crippen LogP contribution is 2.55. The molecule has 0 amide bonds. The first-order valence-electron chi connectivity index (χ1n) is 10.5. The Morgan fingerprint density at radius 2 is 1.18 bits per heavy atom. The average molecular weight is 474 g/mol. The van der Waals surface area contributed by atoms with Crippen molar-refractivity contribution >= 4 is 46.5 Å². The lowest BCUT2D eigenvalue weighted by atomic mass is 10.1. The molecule has 0 heterocycles. The average Bonchev–Trinajstić information content (AvgIpc) is 2.88. The Hall–Kier alpha value is -3.26. The number of methoxy groups -OCH3 is 1. The smallest absolute Gasteiger partial charge is 0.337 e. The van der Waals surface area contributed by atoms with E-state index >= 15 is 0 Å². The van der Waals surface area contributed by atoms with E-state index in [0.717, 1.165) is 15.9 Å². The molecular weight excluding hydrogens is 451 g/mol.